The van der Waals surface area contributed by atoms with Crippen molar-refractivity contribution in [1.82, 2.24) is 19.6 Å². The minimum atomic E-state index is -0.00779. The lowest BCUT2D eigenvalue weighted by Crippen LogP contribution is -2.38. The highest BCUT2D eigenvalue weighted by atomic mass is 16.5. The SMILES string of the molecule is CCn1nc(CN2CCCN(C(=O)Nc3cc(C)ccc3C)CC2)c2c1CCOC2. The van der Waals surface area contributed by atoms with E-state index in [0.29, 0.717) is 6.61 Å². The van der Waals surface area contributed by atoms with E-state index < -0.39 is 0 Å². The summed E-state index contributed by atoms with van der Waals surface area (Å²) in [7, 11) is 0. The van der Waals surface area contributed by atoms with Gasteiger partial charge in [0, 0.05) is 62.6 Å². The van der Waals surface area contributed by atoms with E-state index in [0.717, 1.165) is 81.2 Å². The van der Waals surface area contributed by atoms with Crippen LogP contribution in [0.5, 0.6) is 0 Å². The normalized spacial score (nSPS) is 17.5. The molecule has 3 heterocycles. The first-order chi connectivity index (χ1) is 14.5. The second-order valence-electron chi connectivity index (χ2n) is 8.36. The Kier molecular flexibility index (Phi) is 6.39. The Morgan fingerprint density at radius 2 is 2.07 bits per heavy atom. The number of hydrogen-bond acceptors (Lipinski definition) is 4. The van der Waals surface area contributed by atoms with E-state index >= 15 is 0 Å². The predicted molar refractivity (Wildman–Crippen MR) is 118 cm³/mol. The third-order valence-electron chi connectivity index (χ3n) is 6.16. The summed E-state index contributed by atoms with van der Waals surface area (Å²) in [5, 5.41) is 7.97. The quantitative estimate of drug-likeness (QED) is 0.838. The van der Waals surface area contributed by atoms with Crippen LogP contribution in [0.25, 0.3) is 0 Å². The molecule has 1 aromatic heterocycles. The van der Waals surface area contributed by atoms with Gasteiger partial charge >= 0.3 is 6.03 Å². The Bertz CT molecular complexity index is 907. The number of urea groups is 1. The fourth-order valence-electron chi connectivity index (χ4n) is 4.38. The van der Waals surface area contributed by atoms with Gasteiger partial charge in [0.05, 0.1) is 18.9 Å². The van der Waals surface area contributed by atoms with E-state index in [9.17, 15) is 4.79 Å². The van der Waals surface area contributed by atoms with Gasteiger partial charge in [-0.2, -0.15) is 5.10 Å². The molecule has 0 spiro atoms. The van der Waals surface area contributed by atoms with Crippen LogP contribution in [-0.4, -0.2) is 58.4 Å². The Morgan fingerprint density at radius 1 is 1.20 bits per heavy atom. The molecule has 30 heavy (non-hydrogen) atoms. The summed E-state index contributed by atoms with van der Waals surface area (Å²) in [6, 6.07) is 6.14. The van der Waals surface area contributed by atoms with Crippen LogP contribution in [0.2, 0.25) is 0 Å². The summed E-state index contributed by atoms with van der Waals surface area (Å²) in [4.78, 5) is 17.2. The molecule has 0 atom stereocenters. The molecule has 162 valence electrons. The third kappa shape index (κ3) is 4.52. The number of amides is 2. The van der Waals surface area contributed by atoms with Crippen LogP contribution in [0.1, 0.15) is 41.4 Å². The van der Waals surface area contributed by atoms with Gasteiger partial charge in [-0.25, -0.2) is 4.79 Å². The molecule has 0 saturated carbocycles. The number of nitrogens with zero attached hydrogens (tertiary/aromatic N) is 4. The summed E-state index contributed by atoms with van der Waals surface area (Å²) < 4.78 is 7.83. The topological polar surface area (TPSA) is 62.6 Å². The zero-order chi connectivity index (χ0) is 21.1. The minimum absolute atomic E-state index is 0.00779. The maximum absolute atomic E-state index is 12.8. The number of rotatable bonds is 4. The Morgan fingerprint density at radius 3 is 2.90 bits per heavy atom. The molecule has 7 heteroatoms. The first-order valence-electron chi connectivity index (χ1n) is 11.1. The number of benzene rings is 1. The molecule has 2 aliphatic rings. The van der Waals surface area contributed by atoms with Crippen LogP contribution in [0.4, 0.5) is 10.5 Å². The molecular weight excluding hydrogens is 378 g/mol. The fourth-order valence-corrected chi connectivity index (χ4v) is 4.38. The van der Waals surface area contributed by atoms with Crippen molar-refractivity contribution in [3.8, 4) is 0 Å². The number of anilines is 1. The number of aryl methyl sites for hydroxylation is 3. The molecule has 2 aliphatic heterocycles. The first-order valence-corrected chi connectivity index (χ1v) is 11.1. The standard InChI is InChI=1S/C23H33N5O2/c1-4-28-22-8-13-30-16-19(22)21(25-28)15-26-9-5-10-27(12-11-26)23(29)24-20-14-17(2)6-7-18(20)3/h6-7,14H,4-5,8-13,15-16H2,1-3H3,(H,24,29). The number of ether oxygens (including phenoxy) is 1. The van der Waals surface area contributed by atoms with E-state index in [2.05, 4.69) is 34.0 Å². The minimum Gasteiger partial charge on any atom is -0.376 e. The lowest BCUT2D eigenvalue weighted by atomic mass is 10.1. The average Bonchev–Trinajstić information content (AvgIpc) is 2.92. The second kappa shape index (κ2) is 9.18. The van der Waals surface area contributed by atoms with Gasteiger partial charge in [0.1, 0.15) is 0 Å². The van der Waals surface area contributed by atoms with Crippen molar-refractivity contribution in [2.24, 2.45) is 0 Å². The number of fused-ring (bicyclic) bond motifs is 1. The Hall–Kier alpha value is -2.38. The van der Waals surface area contributed by atoms with Crippen molar-refractivity contribution in [2.75, 3.05) is 38.1 Å². The first kappa shape index (κ1) is 20.9. The summed E-state index contributed by atoms with van der Waals surface area (Å²) in [6.07, 6.45) is 1.91. The average molecular weight is 412 g/mol. The van der Waals surface area contributed by atoms with Crippen LogP contribution in [0, 0.1) is 13.8 Å². The highest BCUT2D eigenvalue weighted by Crippen LogP contribution is 2.23. The number of nitrogens with one attached hydrogen (secondary N) is 1. The molecule has 1 aromatic carbocycles. The van der Waals surface area contributed by atoms with Crippen LogP contribution >= 0.6 is 0 Å². The highest BCUT2D eigenvalue weighted by molar-refractivity contribution is 5.90. The lowest BCUT2D eigenvalue weighted by Gasteiger charge is -2.23. The van der Waals surface area contributed by atoms with Crippen molar-refractivity contribution < 1.29 is 9.53 Å². The molecule has 1 N–H and O–H groups in total. The summed E-state index contributed by atoms with van der Waals surface area (Å²) in [5.74, 6) is 0. The fraction of sp³-hybridized carbons (Fsp3) is 0.565. The van der Waals surface area contributed by atoms with E-state index in [1.165, 1.54) is 11.3 Å². The van der Waals surface area contributed by atoms with Crippen LogP contribution in [0.15, 0.2) is 18.2 Å². The Balaban J connectivity index is 1.38. The zero-order valence-electron chi connectivity index (χ0n) is 18.4. The molecule has 0 bridgehead atoms. The molecule has 1 fully saturated rings. The Labute approximate surface area is 179 Å². The van der Waals surface area contributed by atoms with Crippen LogP contribution < -0.4 is 5.32 Å². The largest absolute Gasteiger partial charge is 0.376 e. The van der Waals surface area contributed by atoms with E-state index in [-0.39, 0.29) is 6.03 Å². The smallest absolute Gasteiger partial charge is 0.321 e. The van der Waals surface area contributed by atoms with Crippen molar-refractivity contribution in [2.45, 2.75) is 53.3 Å². The monoisotopic (exact) mass is 411 g/mol. The number of carbonyl (C=O) groups is 1. The van der Waals surface area contributed by atoms with Crippen molar-refractivity contribution in [1.29, 1.82) is 0 Å². The van der Waals surface area contributed by atoms with Gasteiger partial charge in [-0.05, 0) is 44.4 Å². The van der Waals surface area contributed by atoms with Gasteiger partial charge in [0.15, 0.2) is 0 Å². The van der Waals surface area contributed by atoms with Crippen LogP contribution in [-0.2, 0) is 30.9 Å². The zero-order valence-corrected chi connectivity index (χ0v) is 18.4. The van der Waals surface area contributed by atoms with Crippen molar-refractivity contribution in [3.63, 3.8) is 0 Å². The van der Waals surface area contributed by atoms with Gasteiger partial charge in [-0.3, -0.25) is 9.58 Å². The lowest BCUT2D eigenvalue weighted by molar-refractivity contribution is 0.107. The van der Waals surface area contributed by atoms with E-state index in [1.54, 1.807) is 0 Å². The number of aromatic nitrogens is 2. The van der Waals surface area contributed by atoms with E-state index in [4.69, 9.17) is 9.84 Å². The molecule has 0 unspecified atom stereocenters. The highest BCUT2D eigenvalue weighted by Gasteiger charge is 2.24. The molecule has 2 amide bonds. The predicted octanol–water partition coefficient (Wildman–Crippen LogP) is 3.33. The van der Waals surface area contributed by atoms with Gasteiger partial charge in [0.2, 0.25) is 0 Å². The van der Waals surface area contributed by atoms with Gasteiger partial charge in [-0.1, -0.05) is 12.1 Å². The third-order valence-corrected chi connectivity index (χ3v) is 6.16. The van der Waals surface area contributed by atoms with Gasteiger partial charge in [-0.15, -0.1) is 0 Å². The summed E-state index contributed by atoms with van der Waals surface area (Å²) in [5.41, 5.74) is 6.89. The molecular formula is C23H33N5O2. The molecule has 1 saturated heterocycles. The van der Waals surface area contributed by atoms with Gasteiger partial charge in [0.25, 0.3) is 0 Å². The van der Waals surface area contributed by atoms with Crippen LogP contribution in [0.3, 0.4) is 0 Å². The van der Waals surface area contributed by atoms with Gasteiger partial charge < -0.3 is 15.0 Å². The summed E-state index contributed by atoms with van der Waals surface area (Å²) >= 11 is 0. The molecule has 7 nitrogen and oxygen atoms in total. The number of carbonyl (C=O) groups excluding carboxylic acids is 1. The maximum atomic E-state index is 12.8. The molecule has 0 radical (unpaired) electrons. The molecule has 2 aromatic rings. The molecule has 4 rings (SSSR count). The summed E-state index contributed by atoms with van der Waals surface area (Å²) in [6.45, 7) is 12.7. The maximum Gasteiger partial charge on any atom is 0.321 e. The van der Waals surface area contributed by atoms with Crippen molar-refractivity contribution in [3.05, 3.63) is 46.3 Å². The van der Waals surface area contributed by atoms with E-state index in [1.807, 2.05) is 24.8 Å². The molecule has 0 aliphatic carbocycles. The second-order valence-corrected chi connectivity index (χ2v) is 8.36. The van der Waals surface area contributed by atoms with Crippen molar-refractivity contribution >= 4 is 11.7 Å². The number of hydrogen-bond donors (Lipinski definition) is 1.